The van der Waals surface area contributed by atoms with Crippen molar-refractivity contribution >= 4 is 10.8 Å². The molecule has 18 heavy (non-hydrogen) atoms. The first-order valence-electron chi connectivity index (χ1n) is 6.50. The molecular weight excluding hydrogens is 222 g/mol. The summed E-state index contributed by atoms with van der Waals surface area (Å²) in [5.41, 5.74) is 1.37. The third kappa shape index (κ3) is 2.82. The van der Waals surface area contributed by atoms with Crippen LogP contribution in [-0.2, 0) is 6.42 Å². The monoisotopic (exact) mass is 243 g/mol. The molecule has 0 bridgehead atoms. The number of methoxy groups -OCH3 is 1. The molecule has 2 heteroatoms. The fourth-order valence-electron chi connectivity index (χ4n) is 2.23. The van der Waals surface area contributed by atoms with Gasteiger partial charge in [0.15, 0.2) is 0 Å². The quantitative estimate of drug-likeness (QED) is 0.869. The van der Waals surface area contributed by atoms with Crippen molar-refractivity contribution in [3.05, 3.63) is 42.0 Å². The lowest BCUT2D eigenvalue weighted by Crippen LogP contribution is -2.24. The number of benzene rings is 2. The van der Waals surface area contributed by atoms with Gasteiger partial charge >= 0.3 is 0 Å². The first kappa shape index (κ1) is 12.9. The zero-order valence-corrected chi connectivity index (χ0v) is 11.4. The Bertz CT molecular complexity index is 519. The molecule has 2 aromatic carbocycles. The van der Waals surface area contributed by atoms with Crippen LogP contribution in [0.4, 0.5) is 0 Å². The van der Waals surface area contributed by atoms with Gasteiger partial charge in [-0.1, -0.05) is 44.2 Å². The smallest absolute Gasteiger partial charge is 0.126 e. The Balaban J connectivity index is 2.28. The second-order valence-corrected chi connectivity index (χ2v) is 4.83. The minimum Gasteiger partial charge on any atom is -0.496 e. The normalized spacial score (nSPS) is 11.1. The Morgan fingerprint density at radius 2 is 1.78 bits per heavy atom. The van der Waals surface area contributed by atoms with Crippen LogP contribution < -0.4 is 10.1 Å². The summed E-state index contributed by atoms with van der Waals surface area (Å²) in [6.45, 7) is 5.35. The summed E-state index contributed by atoms with van der Waals surface area (Å²) >= 11 is 0. The molecule has 0 fully saturated rings. The van der Waals surface area contributed by atoms with Crippen molar-refractivity contribution in [2.75, 3.05) is 13.7 Å². The van der Waals surface area contributed by atoms with Gasteiger partial charge in [-0.05, 0) is 30.0 Å². The van der Waals surface area contributed by atoms with E-state index in [4.69, 9.17) is 4.74 Å². The van der Waals surface area contributed by atoms with E-state index in [1.807, 2.05) is 0 Å². The minimum atomic E-state index is 0.537. The highest BCUT2D eigenvalue weighted by molar-refractivity contribution is 5.91. The lowest BCUT2D eigenvalue weighted by molar-refractivity contribution is 0.419. The van der Waals surface area contributed by atoms with Gasteiger partial charge in [0.05, 0.1) is 7.11 Å². The molecule has 0 aliphatic heterocycles. The lowest BCUT2D eigenvalue weighted by Gasteiger charge is -2.12. The molecule has 0 heterocycles. The molecule has 0 radical (unpaired) electrons. The number of nitrogens with one attached hydrogen (secondary N) is 1. The van der Waals surface area contributed by atoms with Gasteiger partial charge in [0.2, 0.25) is 0 Å². The largest absolute Gasteiger partial charge is 0.496 e. The molecule has 0 saturated heterocycles. The SMILES string of the molecule is COc1ccc(CCNC(C)C)c2ccccc12. The lowest BCUT2D eigenvalue weighted by atomic mass is 10.0. The van der Waals surface area contributed by atoms with Crippen LogP contribution in [0.5, 0.6) is 5.75 Å². The molecule has 0 aliphatic rings. The minimum absolute atomic E-state index is 0.537. The van der Waals surface area contributed by atoms with Crippen molar-refractivity contribution in [2.45, 2.75) is 26.3 Å². The van der Waals surface area contributed by atoms with Gasteiger partial charge in [-0.2, -0.15) is 0 Å². The van der Waals surface area contributed by atoms with E-state index in [0.717, 1.165) is 18.7 Å². The van der Waals surface area contributed by atoms with Crippen LogP contribution in [0, 0.1) is 0 Å². The van der Waals surface area contributed by atoms with E-state index < -0.39 is 0 Å². The van der Waals surface area contributed by atoms with Crippen molar-refractivity contribution in [1.29, 1.82) is 0 Å². The van der Waals surface area contributed by atoms with E-state index >= 15 is 0 Å². The molecule has 2 rings (SSSR count). The maximum Gasteiger partial charge on any atom is 0.126 e. The van der Waals surface area contributed by atoms with E-state index in [2.05, 4.69) is 55.6 Å². The summed E-state index contributed by atoms with van der Waals surface area (Å²) in [5.74, 6) is 0.950. The zero-order valence-electron chi connectivity index (χ0n) is 11.4. The summed E-state index contributed by atoms with van der Waals surface area (Å²) in [6.07, 6.45) is 1.04. The van der Waals surface area contributed by atoms with Crippen LogP contribution in [0.3, 0.4) is 0 Å². The van der Waals surface area contributed by atoms with E-state index in [9.17, 15) is 0 Å². The van der Waals surface area contributed by atoms with E-state index in [0.29, 0.717) is 6.04 Å². The second-order valence-electron chi connectivity index (χ2n) is 4.83. The van der Waals surface area contributed by atoms with Crippen LogP contribution in [-0.4, -0.2) is 19.7 Å². The van der Waals surface area contributed by atoms with E-state index in [-0.39, 0.29) is 0 Å². The van der Waals surface area contributed by atoms with Gasteiger partial charge in [0.25, 0.3) is 0 Å². The van der Waals surface area contributed by atoms with Crippen LogP contribution in [0.15, 0.2) is 36.4 Å². The van der Waals surface area contributed by atoms with Crippen molar-refractivity contribution in [3.63, 3.8) is 0 Å². The second kappa shape index (κ2) is 5.87. The molecule has 2 nitrogen and oxygen atoms in total. The van der Waals surface area contributed by atoms with Crippen molar-refractivity contribution < 1.29 is 4.74 Å². The van der Waals surface area contributed by atoms with Crippen molar-refractivity contribution in [2.24, 2.45) is 0 Å². The fraction of sp³-hybridized carbons (Fsp3) is 0.375. The van der Waals surface area contributed by atoms with Crippen molar-refractivity contribution in [3.8, 4) is 5.75 Å². The summed E-state index contributed by atoms with van der Waals surface area (Å²) in [5, 5.41) is 5.95. The van der Waals surface area contributed by atoms with Crippen LogP contribution >= 0.6 is 0 Å². The molecule has 2 aromatic rings. The molecule has 1 N–H and O–H groups in total. The first-order valence-corrected chi connectivity index (χ1v) is 6.50. The average molecular weight is 243 g/mol. The highest BCUT2D eigenvalue weighted by Gasteiger charge is 2.05. The maximum absolute atomic E-state index is 5.41. The third-order valence-corrected chi connectivity index (χ3v) is 3.14. The highest BCUT2D eigenvalue weighted by atomic mass is 16.5. The zero-order chi connectivity index (χ0) is 13.0. The highest BCUT2D eigenvalue weighted by Crippen LogP contribution is 2.28. The molecular formula is C16H21NO. The van der Waals surface area contributed by atoms with Gasteiger partial charge in [-0.3, -0.25) is 0 Å². The average Bonchev–Trinajstić information content (AvgIpc) is 2.38. The molecule has 0 aromatic heterocycles. The topological polar surface area (TPSA) is 21.3 Å². The van der Waals surface area contributed by atoms with E-state index in [1.165, 1.54) is 16.3 Å². The standard InChI is InChI=1S/C16H21NO/c1-12(2)17-11-10-13-8-9-16(18-3)15-7-5-4-6-14(13)15/h4-9,12,17H,10-11H2,1-3H3. The van der Waals surface area contributed by atoms with Gasteiger partial charge < -0.3 is 10.1 Å². The number of fused-ring (bicyclic) bond motifs is 1. The molecule has 96 valence electrons. The molecule has 0 amide bonds. The Kier molecular flexibility index (Phi) is 4.21. The van der Waals surface area contributed by atoms with Gasteiger partial charge in [-0.25, -0.2) is 0 Å². The predicted molar refractivity (Wildman–Crippen MR) is 77.3 cm³/mol. The van der Waals surface area contributed by atoms with Crippen LogP contribution in [0.2, 0.25) is 0 Å². The number of ether oxygens (including phenoxy) is 1. The molecule has 0 aliphatic carbocycles. The number of hydrogen-bond acceptors (Lipinski definition) is 2. The Morgan fingerprint density at radius 1 is 1.06 bits per heavy atom. The van der Waals surface area contributed by atoms with Crippen molar-refractivity contribution in [1.82, 2.24) is 5.32 Å². The van der Waals surface area contributed by atoms with Gasteiger partial charge in [-0.15, -0.1) is 0 Å². The van der Waals surface area contributed by atoms with Crippen LogP contribution in [0.1, 0.15) is 19.4 Å². The van der Waals surface area contributed by atoms with E-state index in [1.54, 1.807) is 7.11 Å². The summed E-state index contributed by atoms with van der Waals surface area (Å²) in [4.78, 5) is 0. The fourth-order valence-corrected chi connectivity index (χ4v) is 2.23. The number of hydrogen-bond donors (Lipinski definition) is 1. The maximum atomic E-state index is 5.41. The summed E-state index contributed by atoms with van der Waals surface area (Å²) in [7, 11) is 1.72. The molecule has 0 atom stereocenters. The first-order chi connectivity index (χ1) is 8.72. The molecule has 0 spiro atoms. The Hall–Kier alpha value is -1.54. The summed E-state index contributed by atoms with van der Waals surface area (Å²) in [6, 6.07) is 13.2. The Morgan fingerprint density at radius 3 is 2.44 bits per heavy atom. The van der Waals surface area contributed by atoms with Crippen LogP contribution in [0.25, 0.3) is 10.8 Å². The third-order valence-electron chi connectivity index (χ3n) is 3.14. The summed E-state index contributed by atoms with van der Waals surface area (Å²) < 4.78 is 5.41. The Labute approximate surface area is 109 Å². The van der Waals surface area contributed by atoms with Gasteiger partial charge in [0.1, 0.15) is 5.75 Å². The number of rotatable bonds is 5. The molecule has 0 unspecified atom stereocenters. The predicted octanol–water partition coefficient (Wildman–Crippen LogP) is 3.39. The molecule has 0 saturated carbocycles. The van der Waals surface area contributed by atoms with Gasteiger partial charge in [0, 0.05) is 11.4 Å².